The summed E-state index contributed by atoms with van der Waals surface area (Å²) in [5.74, 6) is 0.883. The van der Waals surface area contributed by atoms with Crippen LogP contribution in [0.1, 0.15) is 45.4 Å². The van der Waals surface area contributed by atoms with Gasteiger partial charge in [0.2, 0.25) is 0 Å². The van der Waals surface area contributed by atoms with E-state index in [1.54, 1.807) is 24.3 Å². The third-order valence-corrected chi connectivity index (χ3v) is 5.88. The van der Waals surface area contributed by atoms with E-state index >= 15 is 0 Å². The lowest BCUT2D eigenvalue weighted by molar-refractivity contribution is 0.162. The van der Waals surface area contributed by atoms with Crippen LogP contribution in [0, 0.1) is 0 Å². The minimum Gasteiger partial charge on any atom is -0.489 e. The summed E-state index contributed by atoms with van der Waals surface area (Å²) < 4.78 is 29.9. The van der Waals surface area contributed by atoms with Crippen molar-refractivity contribution >= 4 is 9.84 Å². The molecule has 1 aromatic rings. The minimum atomic E-state index is -3.16. The number of hydrogen-bond donors (Lipinski definition) is 1. The Morgan fingerprint density at radius 2 is 1.81 bits per heavy atom. The van der Waals surface area contributed by atoms with Gasteiger partial charge >= 0.3 is 0 Å². The molecule has 2 N–H and O–H groups in total. The lowest BCUT2D eigenvalue weighted by atomic mass is 10.1. The highest BCUT2D eigenvalue weighted by Crippen LogP contribution is 2.24. The summed E-state index contributed by atoms with van der Waals surface area (Å²) in [6, 6.07) is 6.79. The molecule has 1 aromatic carbocycles. The van der Waals surface area contributed by atoms with Gasteiger partial charge in [-0.2, -0.15) is 0 Å². The van der Waals surface area contributed by atoms with E-state index in [0.717, 1.165) is 25.7 Å². The smallest absolute Gasteiger partial charge is 0.178 e. The monoisotopic (exact) mass is 311 g/mol. The van der Waals surface area contributed by atoms with Crippen LogP contribution in [0.15, 0.2) is 29.2 Å². The summed E-state index contributed by atoms with van der Waals surface area (Å²) in [7, 11) is -3.16. The van der Waals surface area contributed by atoms with Crippen molar-refractivity contribution in [2.45, 2.75) is 62.5 Å². The number of sulfone groups is 1. The van der Waals surface area contributed by atoms with E-state index in [4.69, 9.17) is 10.5 Å². The van der Waals surface area contributed by atoms with Crippen molar-refractivity contribution in [3.8, 4) is 5.75 Å². The Morgan fingerprint density at radius 1 is 1.14 bits per heavy atom. The highest BCUT2D eigenvalue weighted by atomic mass is 32.2. The molecular weight excluding hydrogens is 286 g/mol. The van der Waals surface area contributed by atoms with E-state index in [1.165, 1.54) is 6.42 Å². The van der Waals surface area contributed by atoms with E-state index in [9.17, 15) is 8.42 Å². The van der Waals surface area contributed by atoms with Gasteiger partial charge in [0, 0.05) is 6.04 Å². The molecule has 4 nitrogen and oxygen atoms in total. The van der Waals surface area contributed by atoms with Crippen LogP contribution < -0.4 is 10.5 Å². The highest BCUT2D eigenvalue weighted by molar-refractivity contribution is 7.91. The summed E-state index contributed by atoms with van der Waals surface area (Å²) in [4.78, 5) is 0.363. The number of hydrogen-bond acceptors (Lipinski definition) is 4. The summed E-state index contributed by atoms with van der Waals surface area (Å²) in [5.41, 5.74) is 6.14. The molecule has 0 amide bonds. The molecule has 0 heterocycles. The molecular formula is C16H25NO3S. The van der Waals surface area contributed by atoms with Gasteiger partial charge < -0.3 is 10.5 Å². The molecule has 5 heteroatoms. The first-order valence-corrected chi connectivity index (χ1v) is 9.43. The molecule has 1 aliphatic carbocycles. The van der Waals surface area contributed by atoms with Gasteiger partial charge in [0.1, 0.15) is 11.9 Å². The van der Waals surface area contributed by atoms with Gasteiger partial charge in [0.25, 0.3) is 0 Å². The van der Waals surface area contributed by atoms with E-state index in [-0.39, 0.29) is 17.9 Å². The first-order valence-electron chi connectivity index (χ1n) is 7.78. The van der Waals surface area contributed by atoms with Crippen LogP contribution >= 0.6 is 0 Å². The van der Waals surface area contributed by atoms with Crippen LogP contribution in [-0.2, 0) is 9.84 Å². The zero-order valence-corrected chi connectivity index (χ0v) is 13.4. The van der Waals surface area contributed by atoms with Crippen molar-refractivity contribution in [3.05, 3.63) is 24.3 Å². The molecule has 21 heavy (non-hydrogen) atoms. The van der Waals surface area contributed by atoms with Crippen molar-refractivity contribution in [3.63, 3.8) is 0 Å². The Balaban J connectivity index is 2.05. The summed E-state index contributed by atoms with van der Waals surface area (Å²) in [6.45, 7) is 1.86. The number of rotatable bonds is 5. The molecule has 0 saturated heterocycles. The number of nitrogens with two attached hydrogens (primary N) is 1. The quantitative estimate of drug-likeness (QED) is 0.849. The largest absolute Gasteiger partial charge is 0.489 e. The van der Waals surface area contributed by atoms with E-state index in [1.807, 2.05) is 6.92 Å². The van der Waals surface area contributed by atoms with Crippen molar-refractivity contribution in [1.82, 2.24) is 0 Å². The van der Waals surface area contributed by atoms with Gasteiger partial charge in [0.05, 0.1) is 10.6 Å². The molecule has 0 aromatic heterocycles. The maximum Gasteiger partial charge on any atom is 0.178 e. The standard InChI is InChI=1S/C16H25NO3S/c1-2-12-21(18,19)14-10-8-13(9-11-14)20-16-7-5-3-4-6-15(16)17/h8-11,15-16H,2-7,12,17H2,1H3. The molecule has 0 aliphatic heterocycles. The molecule has 2 unspecified atom stereocenters. The number of benzene rings is 1. The van der Waals surface area contributed by atoms with Gasteiger partial charge in [-0.3, -0.25) is 0 Å². The van der Waals surface area contributed by atoms with E-state index < -0.39 is 9.84 Å². The Hall–Kier alpha value is -1.07. The Bertz CT molecular complexity index is 539. The fourth-order valence-electron chi connectivity index (χ4n) is 2.74. The van der Waals surface area contributed by atoms with Crippen molar-refractivity contribution in [1.29, 1.82) is 0 Å². The van der Waals surface area contributed by atoms with Crippen LogP contribution in [0.5, 0.6) is 5.75 Å². The molecule has 1 fully saturated rings. The maximum absolute atomic E-state index is 12.0. The van der Waals surface area contributed by atoms with Crippen LogP contribution in [0.3, 0.4) is 0 Å². The van der Waals surface area contributed by atoms with Gasteiger partial charge in [-0.25, -0.2) is 8.42 Å². The molecule has 2 atom stereocenters. The predicted octanol–water partition coefficient (Wildman–Crippen LogP) is 2.91. The first kappa shape index (κ1) is 16.3. The topological polar surface area (TPSA) is 69.4 Å². The normalized spacial score (nSPS) is 23.5. The van der Waals surface area contributed by atoms with Crippen molar-refractivity contribution in [2.75, 3.05) is 5.75 Å². The zero-order valence-electron chi connectivity index (χ0n) is 12.6. The number of ether oxygens (including phenoxy) is 1. The van der Waals surface area contributed by atoms with Crippen LogP contribution in [0.4, 0.5) is 0 Å². The third kappa shape index (κ3) is 4.45. The van der Waals surface area contributed by atoms with Crippen LogP contribution in [0.2, 0.25) is 0 Å². The fraction of sp³-hybridized carbons (Fsp3) is 0.625. The summed E-state index contributed by atoms with van der Waals surface area (Å²) >= 11 is 0. The SMILES string of the molecule is CCCS(=O)(=O)c1ccc(OC2CCCCCC2N)cc1. The second-order valence-corrected chi connectivity index (χ2v) is 7.86. The lowest BCUT2D eigenvalue weighted by Gasteiger charge is -2.23. The van der Waals surface area contributed by atoms with Crippen LogP contribution in [0.25, 0.3) is 0 Å². The predicted molar refractivity (Wildman–Crippen MR) is 84.3 cm³/mol. The van der Waals surface area contributed by atoms with Crippen molar-refractivity contribution in [2.24, 2.45) is 5.73 Å². The zero-order chi connectivity index (χ0) is 15.3. The second kappa shape index (κ2) is 7.27. The van der Waals surface area contributed by atoms with Gasteiger partial charge in [-0.1, -0.05) is 19.8 Å². The lowest BCUT2D eigenvalue weighted by Crippen LogP contribution is -2.37. The first-order chi connectivity index (χ1) is 10.0. The molecule has 0 spiro atoms. The molecule has 2 rings (SSSR count). The maximum atomic E-state index is 12.0. The molecule has 0 bridgehead atoms. The Labute approximate surface area is 127 Å². The third-order valence-electron chi connectivity index (χ3n) is 3.95. The van der Waals surface area contributed by atoms with Gasteiger partial charge in [0.15, 0.2) is 9.84 Å². The average Bonchev–Trinajstić information content (AvgIpc) is 2.65. The Kier molecular flexibility index (Phi) is 5.65. The molecule has 1 aliphatic rings. The fourth-order valence-corrected chi connectivity index (χ4v) is 4.06. The average molecular weight is 311 g/mol. The van der Waals surface area contributed by atoms with Crippen molar-refractivity contribution < 1.29 is 13.2 Å². The van der Waals surface area contributed by atoms with Gasteiger partial charge in [-0.15, -0.1) is 0 Å². The molecule has 0 radical (unpaired) electrons. The van der Waals surface area contributed by atoms with Gasteiger partial charge in [-0.05, 0) is 49.9 Å². The molecule has 1 saturated carbocycles. The molecule has 118 valence electrons. The second-order valence-electron chi connectivity index (χ2n) is 5.75. The highest BCUT2D eigenvalue weighted by Gasteiger charge is 2.22. The minimum absolute atomic E-state index is 0.0330. The summed E-state index contributed by atoms with van der Waals surface area (Å²) in [6.07, 6.45) is 6.13. The van der Waals surface area contributed by atoms with Crippen LogP contribution in [-0.4, -0.2) is 26.3 Å². The van der Waals surface area contributed by atoms with E-state index in [2.05, 4.69) is 0 Å². The Morgan fingerprint density at radius 3 is 2.48 bits per heavy atom. The van der Waals surface area contributed by atoms with E-state index in [0.29, 0.717) is 17.1 Å². The summed E-state index contributed by atoms with van der Waals surface area (Å²) in [5, 5.41) is 0.